The van der Waals surface area contributed by atoms with Gasteiger partial charge in [-0.15, -0.1) is 0 Å². The Morgan fingerprint density at radius 1 is 1.00 bits per heavy atom. The van der Waals surface area contributed by atoms with Crippen LogP contribution in [0.15, 0.2) is 48.5 Å². The number of nitrogens with one attached hydrogen (secondary N) is 2. The van der Waals surface area contributed by atoms with Gasteiger partial charge in [-0.25, -0.2) is 4.39 Å². The van der Waals surface area contributed by atoms with Crippen LogP contribution in [0.3, 0.4) is 0 Å². The van der Waals surface area contributed by atoms with Crippen LogP contribution in [0.2, 0.25) is 0 Å². The van der Waals surface area contributed by atoms with Gasteiger partial charge in [-0.3, -0.25) is 14.5 Å². The number of amides is 2. The van der Waals surface area contributed by atoms with Crippen molar-refractivity contribution in [2.45, 2.75) is 12.6 Å². The number of halogens is 4. The fourth-order valence-corrected chi connectivity index (χ4v) is 2.44. The highest BCUT2D eigenvalue weighted by Gasteiger charge is 2.33. The second-order valence-electron chi connectivity index (χ2n) is 6.14. The van der Waals surface area contributed by atoms with Gasteiger partial charge in [-0.05, 0) is 37.4 Å². The average Bonchev–Trinajstić information content (AvgIpc) is 2.59. The van der Waals surface area contributed by atoms with Crippen molar-refractivity contribution in [3.05, 3.63) is 59.9 Å². The van der Waals surface area contributed by atoms with E-state index < -0.39 is 23.5 Å². The molecule has 0 bridgehead atoms. The van der Waals surface area contributed by atoms with Crippen molar-refractivity contribution in [3.8, 4) is 0 Å². The number of alkyl halides is 3. The largest absolute Gasteiger partial charge is 0.418 e. The second-order valence-corrected chi connectivity index (χ2v) is 6.14. The molecular weight excluding hydrogens is 378 g/mol. The van der Waals surface area contributed by atoms with Crippen molar-refractivity contribution in [2.24, 2.45) is 0 Å². The van der Waals surface area contributed by atoms with Gasteiger partial charge in [0.25, 0.3) is 0 Å². The SMILES string of the molecule is CN(CCC(=O)Nc1cccc(F)c1)CC(=O)Nc1ccccc1C(F)(F)F. The van der Waals surface area contributed by atoms with Crippen LogP contribution < -0.4 is 10.6 Å². The number of likely N-dealkylation sites (N-methyl/N-ethyl adjacent to an activating group) is 1. The Bertz CT molecular complexity index is 840. The number of carbonyl (C=O) groups excluding carboxylic acids is 2. The van der Waals surface area contributed by atoms with Crippen molar-refractivity contribution in [1.29, 1.82) is 0 Å². The number of rotatable bonds is 7. The Balaban J connectivity index is 1.82. The Hall–Kier alpha value is -2.94. The molecule has 0 aliphatic heterocycles. The van der Waals surface area contributed by atoms with Crippen molar-refractivity contribution in [1.82, 2.24) is 4.90 Å². The summed E-state index contributed by atoms with van der Waals surface area (Å²) in [6.07, 6.45) is -4.55. The number of para-hydroxylation sites is 1. The Labute approximate surface area is 159 Å². The molecule has 28 heavy (non-hydrogen) atoms. The van der Waals surface area contributed by atoms with Gasteiger partial charge in [0, 0.05) is 18.7 Å². The third kappa shape index (κ3) is 6.66. The molecule has 0 unspecified atom stereocenters. The second kappa shape index (κ2) is 9.32. The van der Waals surface area contributed by atoms with Crippen LogP contribution in [0.25, 0.3) is 0 Å². The zero-order chi connectivity index (χ0) is 20.7. The lowest BCUT2D eigenvalue weighted by Crippen LogP contribution is -2.33. The van der Waals surface area contributed by atoms with Gasteiger partial charge in [0.1, 0.15) is 5.82 Å². The zero-order valence-corrected chi connectivity index (χ0v) is 15.0. The predicted molar refractivity (Wildman–Crippen MR) is 97.2 cm³/mol. The number of nitrogens with zero attached hydrogens (tertiary/aromatic N) is 1. The molecule has 0 saturated heterocycles. The fourth-order valence-electron chi connectivity index (χ4n) is 2.44. The highest BCUT2D eigenvalue weighted by atomic mass is 19.4. The van der Waals surface area contributed by atoms with Crippen LogP contribution in [0.4, 0.5) is 28.9 Å². The maximum atomic E-state index is 13.1. The molecule has 0 atom stereocenters. The van der Waals surface area contributed by atoms with Gasteiger partial charge in [-0.1, -0.05) is 18.2 Å². The topological polar surface area (TPSA) is 61.4 Å². The van der Waals surface area contributed by atoms with Gasteiger partial charge in [0.2, 0.25) is 11.8 Å². The van der Waals surface area contributed by atoms with Gasteiger partial charge in [0.15, 0.2) is 0 Å². The van der Waals surface area contributed by atoms with E-state index in [9.17, 15) is 27.2 Å². The van der Waals surface area contributed by atoms with Crippen molar-refractivity contribution < 1.29 is 27.2 Å². The number of hydrogen-bond acceptors (Lipinski definition) is 3. The summed E-state index contributed by atoms with van der Waals surface area (Å²) < 4.78 is 51.9. The molecule has 0 aliphatic rings. The minimum absolute atomic E-state index is 0.0272. The van der Waals surface area contributed by atoms with E-state index in [-0.39, 0.29) is 31.1 Å². The number of carbonyl (C=O) groups is 2. The molecule has 150 valence electrons. The molecule has 2 N–H and O–H groups in total. The lowest BCUT2D eigenvalue weighted by atomic mass is 10.1. The molecule has 0 fully saturated rings. The first-order valence-corrected chi connectivity index (χ1v) is 8.35. The summed E-state index contributed by atoms with van der Waals surface area (Å²) in [7, 11) is 1.56. The summed E-state index contributed by atoms with van der Waals surface area (Å²) in [6, 6.07) is 10.1. The van der Waals surface area contributed by atoms with Gasteiger partial charge in [-0.2, -0.15) is 13.2 Å². The first-order chi connectivity index (χ1) is 13.1. The van der Waals surface area contributed by atoms with Gasteiger partial charge >= 0.3 is 6.18 Å². The lowest BCUT2D eigenvalue weighted by molar-refractivity contribution is -0.137. The maximum absolute atomic E-state index is 13.1. The summed E-state index contributed by atoms with van der Waals surface area (Å²) in [5.74, 6) is -1.49. The highest BCUT2D eigenvalue weighted by molar-refractivity contribution is 5.93. The standard InChI is InChI=1S/C19H19F4N3O2/c1-26(10-9-17(27)24-14-6-4-5-13(20)11-14)12-18(28)25-16-8-3-2-7-15(16)19(21,22)23/h2-8,11H,9-10,12H2,1H3,(H,24,27)(H,25,28). The average molecular weight is 397 g/mol. The summed E-state index contributed by atoms with van der Waals surface area (Å²) in [5, 5.41) is 4.76. The quantitative estimate of drug-likeness (QED) is 0.700. The molecule has 2 aromatic rings. The minimum atomic E-state index is -4.58. The Kier molecular flexibility index (Phi) is 7.11. The summed E-state index contributed by atoms with van der Waals surface area (Å²) in [5.41, 5.74) is -0.938. The molecule has 5 nitrogen and oxygen atoms in total. The Morgan fingerprint density at radius 3 is 2.39 bits per heavy atom. The summed E-state index contributed by atoms with van der Waals surface area (Å²) in [4.78, 5) is 25.4. The maximum Gasteiger partial charge on any atom is 0.418 e. The number of anilines is 2. The lowest BCUT2D eigenvalue weighted by Gasteiger charge is -2.18. The molecule has 9 heteroatoms. The van der Waals surface area contributed by atoms with Gasteiger partial charge in [0.05, 0.1) is 17.8 Å². The van der Waals surface area contributed by atoms with E-state index in [1.54, 1.807) is 7.05 Å². The molecular formula is C19H19F4N3O2. The number of hydrogen-bond donors (Lipinski definition) is 2. The molecule has 0 heterocycles. The summed E-state index contributed by atoms with van der Waals surface area (Å²) in [6.45, 7) is -0.00504. The first kappa shape index (κ1) is 21.4. The zero-order valence-electron chi connectivity index (χ0n) is 15.0. The van der Waals surface area contributed by atoms with E-state index in [0.29, 0.717) is 5.69 Å². The molecule has 0 saturated carbocycles. The number of benzene rings is 2. The van der Waals surface area contributed by atoms with Crippen LogP contribution in [-0.2, 0) is 15.8 Å². The monoisotopic (exact) mass is 397 g/mol. The third-order valence-corrected chi connectivity index (χ3v) is 3.75. The van der Waals surface area contributed by atoms with E-state index in [1.807, 2.05) is 0 Å². The summed E-state index contributed by atoms with van der Waals surface area (Å²) >= 11 is 0. The molecule has 0 radical (unpaired) electrons. The van der Waals surface area contributed by atoms with E-state index in [4.69, 9.17) is 0 Å². The van der Waals surface area contributed by atoms with Crippen LogP contribution >= 0.6 is 0 Å². The van der Waals surface area contributed by atoms with Crippen LogP contribution in [0.1, 0.15) is 12.0 Å². The predicted octanol–water partition coefficient (Wildman–Crippen LogP) is 3.74. The van der Waals surface area contributed by atoms with Crippen LogP contribution in [0.5, 0.6) is 0 Å². The van der Waals surface area contributed by atoms with E-state index in [0.717, 1.165) is 6.07 Å². The van der Waals surface area contributed by atoms with E-state index in [2.05, 4.69) is 10.6 Å². The molecule has 2 amide bonds. The van der Waals surface area contributed by atoms with Crippen molar-refractivity contribution in [2.75, 3.05) is 30.8 Å². The van der Waals surface area contributed by atoms with Crippen LogP contribution in [0, 0.1) is 5.82 Å². The van der Waals surface area contributed by atoms with Gasteiger partial charge < -0.3 is 10.6 Å². The van der Waals surface area contributed by atoms with Crippen molar-refractivity contribution in [3.63, 3.8) is 0 Å². The normalized spacial score (nSPS) is 11.4. The molecule has 0 aromatic heterocycles. The molecule has 0 spiro atoms. The highest BCUT2D eigenvalue weighted by Crippen LogP contribution is 2.34. The molecule has 2 aromatic carbocycles. The van der Waals surface area contributed by atoms with Crippen molar-refractivity contribution >= 4 is 23.2 Å². The smallest absolute Gasteiger partial charge is 0.326 e. The van der Waals surface area contributed by atoms with E-state index >= 15 is 0 Å². The molecule has 2 rings (SSSR count). The minimum Gasteiger partial charge on any atom is -0.326 e. The Morgan fingerprint density at radius 2 is 1.71 bits per heavy atom. The van der Waals surface area contributed by atoms with E-state index in [1.165, 1.54) is 47.4 Å². The van der Waals surface area contributed by atoms with Crippen LogP contribution in [-0.4, -0.2) is 36.9 Å². The fraction of sp³-hybridized carbons (Fsp3) is 0.263. The third-order valence-electron chi connectivity index (χ3n) is 3.75. The molecule has 0 aliphatic carbocycles. The first-order valence-electron chi connectivity index (χ1n) is 8.35.